The fraction of sp³-hybridized carbons (Fsp3) is 0.600. The van der Waals surface area contributed by atoms with Crippen molar-refractivity contribution >= 4 is 37.6 Å². The minimum Gasteiger partial charge on any atom is -0.790 e. The number of rotatable bonds is 5. The SMILES string of the molecule is NNC(=O)C[S-].NNOCC[S-].NN[C-]=O.[Y+3]. The zero-order valence-electron chi connectivity index (χ0n) is 8.97. The van der Waals surface area contributed by atoms with Gasteiger partial charge in [0.25, 0.3) is 0 Å². The van der Waals surface area contributed by atoms with E-state index in [9.17, 15) is 4.79 Å². The van der Waals surface area contributed by atoms with E-state index in [0.717, 1.165) is 0 Å². The van der Waals surface area contributed by atoms with Gasteiger partial charge in [-0.25, -0.2) is 11.7 Å². The van der Waals surface area contributed by atoms with Crippen LogP contribution in [0, 0.1) is 0 Å². The largest absolute Gasteiger partial charge is 3.00 e. The second kappa shape index (κ2) is 30.0. The Morgan fingerprint density at radius 3 is 1.82 bits per heavy atom. The molecule has 0 aliphatic heterocycles. The van der Waals surface area contributed by atoms with Crippen LogP contribution < -0.4 is 34.0 Å². The Balaban J connectivity index is -0.0000000741. The molecular formula is C5H15N6O3S2Y. The molecule has 12 heteroatoms. The molecule has 0 aliphatic rings. The van der Waals surface area contributed by atoms with Crippen molar-refractivity contribution in [2.45, 2.75) is 0 Å². The number of nitrogens with one attached hydrogen (secondary N) is 3. The molecule has 0 atom stereocenters. The van der Waals surface area contributed by atoms with Crippen LogP contribution in [0.15, 0.2) is 0 Å². The third-order valence-electron chi connectivity index (χ3n) is 0.620. The van der Waals surface area contributed by atoms with Gasteiger partial charge in [-0.05, 0) is 0 Å². The second-order valence-corrected chi connectivity index (χ2v) is 2.33. The summed E-state index contributed by atoms with van der Waals surface area (Å²) >= 11 is 8.78. The minimum absolute atomic E-state index is 0. The standard InChI is InChI=1S/C2H8N2OS.C2H6N2OS.CH3N2O.Y/c3-4-5-1-2-6;3-4-2(5)1-6;2-3-1-4;/h4,6H,1-3H2;6H,1,3H2,(H,4,5);2H2,(H,3,4);/q;;-1;+3/p-2. The molecule has 17 heavy (non-hydrogen) atoms. The molecule has 0 aliphatic carbocycles. The normalized spacial score (nSPS) is 7.12. The van der Waals surface area contributed by atoms with Gasteiger partial charge in [0.05, 0.1) is 0 Å². The van der Waals surface area contributed by atoms with E-state index in [1.807, 2.05) is 11.0 Å². The van der Waals surface area contributed by atoms with Crippen molar-refractivity contribution in [2.75, 3.05) is 18.1 Å². The molecule has 0 aromatic carbocycles. The van der Waals surface area contributed by atoms with Crippen LogP contribution >= 0.6 is 0 Å². The smallest absolute Gasteiger partial charge is 0.790 e. The number of hydrogen-bond donors (Lipinski definition) is 6. The molecule has 9 nitrogen and oxygen atoms in total. The first-order chi connectivity index (χ1) is 7.64. The van der Waals surface area contributed by atoms with Crippen molar-refractivity contribution < 1.29 is 47.1 Å². The zero-order chi connectivity index (χ0) is 13.2. The van der Waals surface area contributed by atoms with Crippen LogP contribution in [0.2, 0.25) is 0 Å². The molecule has 2 amide bonds. The first kappa shape index (κ1) is 26.2. The molecule has 98 valence electrons. The summed E-state index contributed by atoms with van der Waals surface area (Å²) < 4.78 is 0. The molecule has 0 unspecified atom stereocenters. The van der Waals surface area contributed by atoms with Crippen LogP contribution in [0.25, 0.3) is 0 Å². The van der Waals surface area contributed by atoms with E-state index in [0.29, 0.717) is 12.4 Å². The Hall–Kier alpha value is 0.544. The van der Waals surface area contributed by atoms with Crippen LogP contribution in [0.3, 0.4) is 0 Å². The summed E-state index contributed by atoms with van der Waals surface area (Å²) in [5, 5.41) is 0. The fourth-order valence-corrected chi connectivity index (χ4v) is 0.309. The summed E-state index contributed by atoms with van der Waals surface area (Å²) in [4.78, 5) is 23.1. The first-order valence-corrected chi connectivity index (χ1v) is 4.85. The molecule has 0 bridgehead atoms. The molecular weight excluding hydrogens is 345 g/mol. The Kier molecular flexibility index (Phi) is 46.2. The number of hydrazine groups is 3. The van der Waals surface area contributed by atoms with Gasteiger partial charge in [-0.2, -0.15) is 12.2 Å². The predicted molar refractivity (Wildman–Crippen MR) is 63.1 cm³/mol. The van der Waals surface area contributed by atoms with Crippen molar-refractivity contribution in [1.82, 2.24) is 16.4 Å². The molecule has 0 spiro atoms. The number of carbonyl (C=O) groups excluding carboxylic acids is 2. The van der Waals surface area contributed by atoms with Gasteiger partial charge in [-0.3, -0.25) is 20.9 Å². The maximum absolute atomic E-state index is 9.84. The summed E-state index contributed by atoms with van der Waals surface area (Å²) in [5.74, 6) is 14.0. The van der Waals surface area contributed by atoms with E-state index >= 15 is 0 Å². The molecule has 0 rings (SSSR count). The Bertz CT molecular complexity index is 148. The number of carbonyl (C=O) groups is 1. The monoisotopic (exact) mass is 360 g/mol. The number of nitrogens with two attached hydrogens (primary N) is 3. The van der Waals surface area contributed by atoms with Crippen molar-refractivity contribution in [3.8, 4) is 0 Å². The van der Waals surface area contributed by atoms with Gasteiger partial charge in [0.2, 0.25) is 5.91 Å². The van der Waals surface area contributed by atoms with Crippen LogP contribution in [-0.4, -0.2) is 30.4 Å². The second-order valence-electron chi connectivity index (χ2n) is 1.63. The van der Waals surface area contributed by atoms with E-state index in [2.05, 4.69) is 41.8 Å². The molecule has 0 aromatic heterocycles. The fourth-order valence-electron chi connectivity index (χ4n) is 0.142. The van der Waals surface area contributed by atoms with E-state index in [1.54, 1.807) is 5.43 Å². The maximum Gasteiger partial charge on any atom is 3.00 e. The molecule has 0 saturated carbocycles. The topological polar surface area (TPSA) is 158 Å². The molecule has 9 N–H and O–H groups in total. The van der Waals surface area contributed by atoms with Crippen molar-refractivity contribution in [3.63, 3.8) is 0 Å². The van der Waals surface area contributed by atoms with Gasteiger partial charge in [-0.1, -0.05) is 5.75 Å². The van der Waals surface area contributed by atoms with E-state index in [4.69, 9.17) is 10.6 Å². The van der Waals surface area contributed by atoms with E-state index in [1.165, 1.54) is 6.41 Å². The Labute approximate surface area is 136 Å². The maximum atomic E-state index is 9.84. The summed E-state index contributed by atoms with van der Waals surface area (Å²) in [6.07, 6.45) is 1.21. The summed E-state index contributed by atoms with van der Waals surface area (Å²) in [7, 11) is 0. The van der Waals surface area contributed by atoms with Gasteiger partial charge >= 0.3 is 32.7 Å². The molecule has 0 saturated heterocycles. The molecule has 0 fully saturated rings. The van der Waals surface area contributed by atoms with Crippen molar-refractivity contribution in [1.29, 1.82) is 0 Å². The van der Waals surface area contributed by atoms with Crippen LogP contribution in [0.5, 0.6) is 0 Å². The average Bonchev–Trinajstić information content (AvgIpc) is 2.36. The van der Waals surface area contributed by atoms with Crippen LogP contribution in [-0.2, 0) is 72.4 Å². The van der Waals surface area contributed by atoms with Gasteiger partial charge < -0.3 is 35.5 Å². The number of hydrogen-bond acceptors (Lipinski definition) is 9. The minimum atomic E-state index is -0.315. The molecule has 0 aromatic rings. The van der Waals surface area contributed by atoms with E-state index < -0.39 is 0 Å². The van der Waals surface area contributed by atoms with Gasteiger partial charge in [0, 0.05) is 6.61 Å². The molecule has 0 radical (unpaired) electrons. The quantitative estimate of drug-likeness (QED) is 0.0546. The van der Waals surface area contributed by atoms with Crippen molar-refractivity contribution in [2.24, 2.45) is 17.5 Å². The summed E-state index contributed by atoms with van der Waals surface area (Å²) in [6.45, 7) is 0.492. The average molecular weight is 360 g/mol. The van der Waals surface area contributed by atoms with E-state index in [-0.39, 0.29) is 44.4 Å². The third kappa shape index (κ3) is 47.9. The van der Waals surface area contributed by atoms with Crippen LogP contribution in [0.1, 0.15) is 0 Å². The van der Waals surface area contributed by atoms with Gasteiger partial charge in [-0.15, -0.1) is 5.59 Å². The Morgan fingerprint density at radius 2 is 1.76 bits per heavy atom. The number of amides is 2. The zero-order valence-corrected chi connectivity index (χ0v) is 13.4. The van der Waals surface area contributed by atoms with Crippen LogP contribution in [0.4, 0.5) is 0 Å². The van der Waals surface area contributed by atoms with Crippen molar-refractivity contribution in [3.05, 3.63) is 0 Å². The summed E-state index contributed by atoms with van der Waals surface area (Å²) in [5.41, 5.74) is 5.50. The third-order valence-corrected chi connectivity index (χ3v) is 1.05. The first-order valence-electron chi connectivity index (χ1n) is 3.70. The predicted octanol–water partition coefficient (Wildman–Crippen LogP) is -4.03. The van der Waals surface area contributed by atoms with Gasteiger partial charge in [0.15, 0.2) is 0 Å². The Morgan fingerprint density at radius 1 is 1.29 bits per heavy atom. The van der Waals surface area contributed by atoms with Gasteiger partial charge in [0.1, 0.15) is 0 Å². The summed E-state index contributed by atoms with van der Waals surface area (Å²) in [6, 6.07) is 0. The molecule has 0 heterocycles.